The number of amides is 4. The van der Waals surface area contributed by atoms with E-state index in [1.54, 1.807) is 82.6 Å². The molecule has 0 unspecified atom stereocenters. The Morgan fingerprint density at radius 3 is 1.17 bits per heavy atom. The summed E-state index contributed by atoms with van der Waals surface area (Å²) < 4.78 is 0. The first-order valence-electron chi connectivity index (χ1n) is 15.0. The monoisotopic (exact) mass is 610 g/mol. The molecule has 0 aliphatic carbocycles. The van der Waals surface area contributed by atoms with E-state index in [0.717, 1.165) is 11.4 Å². The molecular weight excluding hydrogens is 576 g/mol. The van der Waals surface area contributed by atoms with Crippen molar-refractivity contribution >= 4 is 46.4 Å². The third-order valence-electron chi connectivity index (χ3n) is 7.40. The quantitative estimate of drug-likeness (QED) is 0.171. The topological polar surface area (TPSA) is 98.8 Å². The SMILES string of the molecule is CCN(C(=O)c1cccc(NC(=O)c2ccc(C(=O)Nc3cccc(C(=O)N(CC)c4ccccc4)c3)cc2)c1)c1ccccc1. The zero-order valence-corrected chi connectivity index (χ0v) is 25.6. The average Bonchev–Trinajstić information content (AvgIpc) is 3.10. The van der Waals surface area contributed by atoms with E-state index < -0.39 is 0 Å². The highest BCUT2D eigenvalue weighted by Crippen LogP contribution is 2.21. The summed E-state index contributed by atoms with van der Waals surface area (Å²) in [7, 11) is 0. The highest BCUT2D eigenvalue weighted by atomic mass is 16.2. The maximum absolute atomic E-state index is 13.2. The lowest BCUT2D eigenvalue weighted by molar-refractivity contribution is 0.0980. The molecular formula is C38H34N4O4. The molecule has 0 saturated carbocycles. The van der Waals surface area contributed by atoms with Gasteiger partial charge in [0.25, 0.3) is 23.6 Å². The number of nitrogens with one attached hydrogen (secondary N) is 2. The van der Waals surface area contributed by atoms with Gasteiger partial charge in [-0.3, -0.25) is 19.2 Å². The van der Waals surface area contributed by atoms with Crippen LogP contribution in [0.3, 0.4) is 0 Å². The van der Waals surface area contributed by atoms with Gasteiger partial charge >= 0.3 is 0 Å². The Morgan fingerprint density at radius 1 is 0.457 bits per heavy atom. The summed E-state index contributed by atoms with van der Waals surface area (Å²) >= 11 is 0. The molecule has 0 saturated heterocycles. The van der Waals surface area contributed by atoms with Crippen LogP contribution in [0, 0.1) is 0 Å². The largest absolute Gasteiger partial charge is 0.322 e. The van der Waals surface area contributed by atoms with E-state index in [9.17, 15) is 19.2 Å². The fourth-order valence-electron chi connectivity index (χ4n) is 5.05. The summed E-state index contributed by atoms with van der Waals surface area (Å²) in [5.74, 6) is -1.10. The maximum Gasteiger partial charge on any atom is 0.258 e. The van der Waals surface area contributed by atoms with Gasteiger partial charge in [-0.05, 0) is 98.8 Å². The number of anilines is 4. The normalized spacial score (nSPS) is 10.5. The van der Waals surface area contributed by atoms with Crippen LogP contribution in [-0.2, 0) is 0 Å². The molecule has 0 fully saturated rings. The van der Waals surface area contributed by atoms with Crippen molar-refractivity contribution in [3.63, 3.8) is 0 Å². The number of nitrogens with zero attached hydrogens (tertiary/aromatic N) is 2. The van der Waals surface area contributed by atoms with Crippen LogP contribution in [0.25, 0.3) is 0 Å². The van der Waals surface area contributed by atoms with E-state index in [1.165, 1.54) is 0 Å². The van der Waals surface area contributed by atoms with Gasteiger partial charge in [0.1, 0.15) is 0 Å². The smallest absolute Gasteiger partial charge is 0.258 e. The fraction of sp³-hybridized carbons (Fsp3) is 0.105. The predicted octanol–water partition coefficient (Wildman–Crippen LogP) is 7.52. The van der Waals surface area contributed by atoms with Gasteiger partial charge in [-0.15, -0.1) is 0 Å². The second kappa shape index (κ2) is 14.6. The number of para-hydroxylation sites is 2. The third kappa shape index (κ3) is 7.36. The summed E-state index contributed by atoms with van der Waals surface area (Å²) in [5, 5.41) is 5.67. The van der Waals surface area contributed by atoms with Crippen molar-refractivity contribution < 1.29 is 19.2 Å². The molecule has 230 valence electrons. The molecule has 5 rings (SSSR count). The zero-order valence-electron chi connectivity index (χ0n) is 25.6. The van der Waals surface area contributed by atoms with E-state index in [1.807, 2.05) is 74.5 Å². The van der Waals surface area contributed by atoms with Gasteiger partial charge in [0.15, 0.2) is 0 Å². The standard InChI is InChI=1S/C38H34N4O4/c1-3-41(33-17-7-5-8-18-33)37(45)29-13-11-15-31(25-29)39-35(43)27-21-23-28(24-22-27)36(44)40-32-16-12-14-30(26-32)38(46)42(4-2)34-19-9-6-10-20-34/h5-26H,3-4H2,1-2H3,(H,39,43)(H,40,44). The number of carbonyl (C=O) groups is 4. The molecule has 2 N–H and O–H groups in total. The highest BCUT2D eigenvalue weighted by molar-refractivity contribution is 6.10. The Bertz CT molecular complexity index is 1700. The lowest BCUT2D eigenvalue weighted by Gasteiger charge is -2.21. The minimum Gasteiger partial charge on any atom is -0.322 e. The summed E-state index contributed by atoms with van der Waals surface area (Å²) in [5.41, 5.74) is 4.13. The molecule has 0 aromatic heterocycles. The van der Waals surface area contributed by atoms with Crippen molar-refractivity contribution in [1.29, 1.82) is 0 Å². The van der Waals surface area contributed by atoms with Gasteiger partial charge in [-0.25, -0.2) is 0 Å². The van der Waals surface area contributed by atoms with E-state index in [-0.39, 0.29) is 23.6 Å². The molecule has 0 aliphatic rings. The predicted molar refractivity (Wildman–Crippen MR) is 183 cm³/mol. The van der Waals surface area contributed by atoms with Crippen LogP contribution in [0.1, 0.15) is 55.3 Å². The molecule has 0 aliphatic heterocycles. The first-order chi connectivity index (χ1) is 22.4. The van der Waals surface area contributed by atoms with Crippen molar-refractivity contribution in [3.05, 3.63) is 156 Å². The van der Waals surface area contributed by atoms with E-state index >= 15 is 0 Å². The van der Waals surface area contributed by atoms with Gasteiger partial charge in [0.05, 0.1) is 0 Å². The van der Waals surface area contributed by atoms with Gasteiger partial charge in [-0.1, -0.05) is 48.5 Å². The molecule has 5 aromatic carbocycles. The highest BCUT2D eigenvalue weighted by Gasteiger charge is 2.18. The molecule has 5 aromatic rings. The average molecular weight is 611 g/mol. The minimum atomic E-state index is -0.378. The lowest BCUT2D eigenvalue weighted by atomic mass is 10.1. The molecule has 0 spiro atoms. The molecule has 0 bridgehead atoms. The van der Waals surface area contributed by atoms with Crippen molar-refractivity contribution in [2.75, 3.05) is 33.5 Å². The molecule has 0 radical (unpaired) electrons. The number of benzene rings is 5. The zero-order chi connectivity index (χ0) is 32.5. The summed E-state index contributed by atoms with van der Waals surface area (Å²) in [6, 6.07) is 38.7. The Balaban J connectivity index is 1.22. The maximum atomic E-state index is 13.2. The second-order valence-electron chi connectivity index (χ2n) is 10.4. The Morgan fingerprint density at radius 2 is 0.826 bits per heavy atom. The number of carbonyl (C=O) groups excluding carboxylic acids is 4. The molecule has 0 heterocycles. The van der Waals surface area contributed by atoms with Crippen LogP contribution in [0.4, 0.5) is 22.7 Å². The number of hydrogen-bond acceptors (Lipinski definition) is 4. The van der Waals surface area contributed by atoms with Gasteiger partial charge in [0, 0.05) is 58.1 Å². The van der Waals surface area contributed by atoms with Crippen molar-refractivity contribution in [2.24, 2.45) is 0 Å². The van der Waals surface area contributed by atoms with E-state index in [2.05, 4.69) is 10.6 Å². The van der Waals surface area contributed by atoms with Crippen LogP contribution in [-0.4, -0.2) is 36.7 Å². The first kappa shape index (κ1) is 31.4. The third-order valence-corrected chi connectivity index (χ3v) is 7.40. The summed E-state index contributed by atoms with van der Waals surface area (Å²) in [6.07, 6.45) is 0. The number of rotatable bonds is 10. The van der Waals surface area contributed by atoms with E-state index in [4.69, 9.17) is 0 Å². The molecule has 46 heavy (non-hydrogen) atoms. The Kier molecular flexibility index (Phi) is 9.99. The van der Waals surface area contributed by atoms with Gasteiger partial charge < -0.3 is 20.4 Å². The summed E-state index contributed by atoms with van der Waals surface area (Å²) in [6.45, 7) is 4.81. The van der Waals surface area contributed by atoms with Crippen molar-refractivity contribution in [3.8, 4) is 0 Å². The Hall–Kier alpha value is -6.02. The van der Waals surface area contributed by atoms with E-state index in [0.29, 0.717) is 46.7 Å². The first-order valence-corrected chi connectivity index (χ1v) is 15.0. The Labute approximate surface area is 268 Å². The molecule has 4 amide bonds. The fourth-order valence-corrected chi connectivity index (χ4v) is 5.05. The van der Waals surface area contributed by atoms with Crippen LogP contribution in [0.15, 0.2) is 133 Å². The minimum absolute atomic E-state index is 0.172. The van der Waals surface area contributed by atoms with Crippen molar-refractivity contribution in [2.45, 2.75) is 13.8 Å². The van der Waals surface area contributed by atoms with Crippen LogP contribution in [0.5, 0.6) is 0 Å². The van der Waals surface area contributed by atoms with Gasteiger partial charge in [0.2, 0.25) is 0 Å². The van der Waals surface area contributed by atoms with Crippen LogP contribution in [0.2, 0.25) is 0 Å². The summed E-state index contributed by atoms with van der Waals surface area (Å²) in [4.78, 5) is 55.8. The van der Waals surface area contributed by atoms with Crippen LogP contribution >= 0.6 is 0 Å². The second-order valence-corrected chi connectivity index (χ2v) is 10.4. The van der Waals surface area contributed by atoms with Crippen molar-refractivity contribution in [1.82, 2.24) is 0 Å². The number of hydrogen-bond donors (Lipinski definition) is 2. The lowest BCUT2D eigenvalue weighted by Crippen LogP contribution is -2.30. The van der Waals surface area contributed by atoms with Crippen LogP contribution < -0.4 is 20.4 Å². The molecule has 8 nitrogen and oxygen atoms in total. The van der Waals surface area contributed by atoms with Gasteiger partial charge in [-0.2, -0.15) is 0 Å². The molecule has 8 heteroatoms. The molecule has 0 atom stereocenters.